The molecule has 2 N–H and O–H groups in total. The Bertz CT molecular complexity index is 968. The number of nitrogens with zero attached hydrogens (tertiary/aromatic N) is 2. The lowest BCUT2D eigenvalue weighted by atomic mass is 10.1. The molecule has 2 aromatic carbocycles. The van der Waals surface area contributed by atoms with Gasteiger partial charge < -0.3 is 10.4 Å². The van der Waals surface area contributed by atoms with Gasteiger partial charge in [-0.2, -0.15) is 0 Å². The maximum absolute atomic E-state index is 11.9. The molecule has 0 amide bonds. The number of aliphatic hydroxyl groups excluding tert-OH is 1. The molecule has 1 heterocycles. The summed E-state index contributed by atoms with van der Waals surface area (Å²) < 4.78 is 23.7. The number of aliphatic hydroxyl groups is 1. The number of hydrogen-bond donors (Lipinski definition) is 2. The second kappa shape index (κ2) is 8.89. The van der Waals surface area contributed by atoms with Crippen LogP contribution in [0.2, 0.25) is 0 Å². The first-order chi connectivity index (χ1) is 13.7. The van der Waals surface area contributed by atoms with Crippen LogP contribution in [-0.4, -0.2) is 48.8 Å². The minimum Gasteiger partial charge on any atom is -0.393 e. The molecule has 1 saturated heterocycles. The average Bonchev–Trinajstić information content (AvgIpc) is 2.68. The van der Waals surface area contributed by atoms with Gasteiger partial charge in [-0.3, -0.25) is 15.0 Å². The van der Waals surface area contributed by atoms with Gasteiger partial charge in [-0.25, -0.2) is 8.42 Å². The van der Waals surface area contributed by atoms with E-state index in [2.05, 4.69) is 10.2 Å². The summed E-state index contributed by atoms with van der Waals surface area (Å²) >= 11 is 0. The third kappa shape index (κ3) is 5.53. The summed E-state index contributed by atoms with van der Waals surface area (Å²) in [6, 6.07) is 12.2. The fourth-order valence-electron chi connectivity index (χ4n) is 3.45. The SMILES string of the molecule is CS(=O)(=O)c1cccc(NCc2ccc(CN3CCC(O)CC3)cc2)c1[N+](=O)[O-]. The van der Waals surface area contributed by atoms with Crippen molar-refractivity contribution in [3.05, 3.63) is 63.7 Å². The van der Waals surface area contributed by atoms with Crippen LogP contribution in [0.1, 0.15) is 24.0 Å². The first-order valence-electron chi connectivity index (χ1n) is 9.43. The van der Waals surface area contributed by atoms with Crippen molar-refractivity contribution in [3.8, 4) is 0 Å². The van der Waals surface area contributed by atoms with Crippen molar-refractivity contribution >= 4 is 21.2 Å². The van der Waals surface area contributed by atoms with E-state index >= 15 is 0 Å². The van der Waals surface area contributed by atoms with E-state index in [4.69, 9.17) is 0 Å². The average molecular weight is 420 g/mol. The number of nitrogens with one attached hydrogen (secondary N) is 1. The van der Waals surface area contributed by atoms with Crippen molar-refractivity contribution in [3.63, 3.8) is 0 Å². The predicted octanol–water partition coefficient (Wildman–Crippen LogP) is 2.57. The number of benzene rings is 2. The van der Waals surface area contributed by atoms with Gasteiger partial charge in [0, 0.05) is 32.4 Å². The van der Waals surface area contributed by atoms with Gasteiger partial charge in [0.2, 0.25) is 0 Å². The number of piperidine rings is 1. The molecule has 156 valence electrons. The number of hydrogen-bond acceptors (Lipinski definition) is 7. The molecule has 0 radical (unpaired) electrons. The monoisotopic (exact) mass is 419 g/mol. The number of nitro benzene ring substituents is 1. The number of sulfone groups is 1. The van der Waals surface area contributed by atoms with E-state index in [9.17, 15) is 23.6 Å². The van der Waals surface area contributed by atoms with Crippen molar-refractivity contribution in [2.24, 2.45) is 0 Å². The standard InChI is InChI=1S/C20H25N3O5S/c1-29(27,28)19-4-2-3-18(20(19)23(25)26)21-13-15-5-7-16(8-6-15)14-22-11-9-17(24)10-12-22/h2-8,17,21,24H,9-14H2,1H3. The van der Waals surface area contributed by atoms with Gasteiger partial charge in [-0.1, -0.05) is 30.3 Å². The van der Waals surface area contributed by atoms with Crippen molar-refractivity contribution in [1.29, 1.82) is 0 Å². The van der Waals surface area contributed by atoms with Gasteiger partial charge in [-0.05, 0) is 36.1 Å². The summed E-state index contributed by atoms with van der Waals surface area (Å²) in [6.07, 6.45) is 2.37. The van der Waals surface area contributed by atoms with Crippen molar-refractivity contribution in [2.45, 2.75) is 36.9 Å². The van der Waals surface area contributed by atoms with Gasteiger partial charge in [0.1, 0.15) is 10.6 Å². The highest BCUT2D eigenvalue weighted by molar-refractivity contribution is 7.90. The number of rotatable bonds is 7. The highest BCUT2D eigenvalue weighted by Crippen LogP contribution is 2.32. The smallest absolute Gasteiger partial charge is 0.310 e. The minimum atomic E-state index is -3.71. The van der Waals surface area contributed by atoms with Crippen LogP contribution in [-0.2, 0) is 22.9 Å². The molecule has 1 aliphatic heterocycles. The van der Waals surface area contributed by atoms with Crippen LogP contribution in [0.15, 0.2) is 47.4 Å². The molecule has 0 spiro atoms. The van der Waals surface area contributed by atoms with E-state index in [1.807, 2.05) is 24.3 Å². The fourth-order valence-corrected chi connectivity index (χ4v) is 4.31. The number of likely N-dealkylation sites (tertiary alicyclic amines) is 1. The molecule has 29 heavy (non-hydrogen) atoms. The van der Waals surface area contributed by atoms with Gasteiger partial charge in [0.15, 0.2) is 9.84 Å². The maximum atomic E-state index is 11.9. The molecule has 2 aromatic rings. The summed E-state index contributed by atoms with van der Waals surface area (Å²) in [7, 11) is -3.71. The Morgan fingerprint density at radius 2 is 1.76 bits per heavy atom. The second-order valence-electron chi connectivity index (χ2n) is 7.36. The Labute approximate surface area is 170 Å². The maximum Gasteiger partial charge on any atom is 0.310 e. The van der Waals surface area contributed by atoms with Crippen LogP contribution in [0.5, 0.6) is 0 Å². The molecule has 1 aliphatic rings. The van der Waals surface area contributed by atoms with Gasteiger partial charge >= 0.3 is 5.69 Å². The van der Waals surface area contributed by atoms with Crippen LogP contribution in [0.25, 0.3) is 0 Å². The molecular formula is C20H25N3O5S. The fraction of sp³-hybridized carbons (Fsp3) is 0.400. The first kappa shape index (κ1) is 21.2. The molecule has 0 saturated carbocycles. The zero-order chi connectivity index (χ0) is 21.0. The quantitative estimate of drug-likeness (QED) is 0.524. The third-order valence-corrected chi connectivity index (χ3v) is 6.18. The Kier molecular flexibility index (Phi) is 6.51. The van der Waals surface area contributed by atoms with Crippen LogP contribution < -0.4 is 5.32 Å². The molecule has 1 fully saturated rings. The molecule has 9 heteroatoms. The number of anilines is 1. The van der Waals surface area contributed by atoms with Gasteiger partial charge in [0.05, 0.1) is 11.0 Å². The van der Waals surface area contributed by atoms with Crippen LogP contribution in [0, 0.1) is 10.1 Å². The number of para-hydroxylation sites is 1. The van der Waals surface area contributed by atoms with Crippen LogP contribution in [0.4, 0.5) is 11.4 Å². The van der Waals surface area contributed by atoms with E-state index in [1.165, 1.54) is 18.2 Å². The molecule has 0 bridgehead atoms. The Morgan fingerprint density at radius 1 is 1.14 bits per heavy atom. The minimum absolute atomic E-state index is 0.175. The number of nitro groups is 1. The van der Waals surface area contributed by atoms with Crippen LogP contribution in [0.3, 0.4) is 0 Å². The summed E-state index contributed by atoms with van der Waals surface area (Å²) in [4.78, 5) is 12.8. The van der Waals surface area contributed by atoms with Crippen molar-refractivity contribution < 1.29 is 18.4 Å². The van der Waals surface area contributed by atoms with E-state index in [0.29, 0.717) is 6.54 Å². The van der Waals surface area contributed by atoms with Gasteiger partial charge in [0.25, 0.3) is 0 Å². The third-order valence-electron chi connectivity index (χ3n) is 5.05. The van der Waals surface area contributed by atoms with Crippen molar-refractivity contribution in [1.82, 2.24) is 4.90 Å². The first-order valence-corrected chi connectivity index (χ1v) is 11.3. The predicted molar refractivity (Wildman–Crippen MR) is 110 cm³/mol. The molecule has 0 atom stereocenters. The lowest BCUT2D eigenvalue weighted by Gasteiger charge is -2.29. The lowest BCUT2D eigenvalue weighted by molar-refractivity contribution is -0.386. The summed E-state index contributed by atoms with van der Waals surface area (Å²) in [5, 5.41) is 24.0. The lowest BCUT2D eigenvalue weighted by Crippen LogP contribution is -2.35. The highest BCUT2D eigenvalue weighted by Gasteiger charge is 2.26. The Morgan fingerprint density at radius 3 is 2.34 bits per heavy atom. The molecule has 0 aliphatic carbocycles. The van der Waals surface area contributed by atoms with Crippen molar-refractivity contribution in [2.75, 3.05) is 24.7 Å². The Balaban J connectivity index is 1.67. The van der Waals surface area contributed by atoms with E-state index in [-0.39, 0.29) is 16.7 Å². The normalized spacial score (nSPS) is 15.9. The van der Waals surface area contributed by atoms with Crippen LogP contribution >= 0.6 is 0 Å². The molecule has 0 unspecified atom stereocenters. The Hall–Kier alpha value is -2.49. The molecule has 3 rings (SSSR count). The molecular weight excluding hydrogens is 394 g/mol. The molecule has 8 nitrogen and oxygen atoms in total. The van der Waals surface area contributed by atoms with E-state index in [1.54, 1.807) is 0 Å². The zero-order valence-corrected chi connectivity index (χ0v) is 17.1. The van der Waals surface area contributed by atoms with E-state index in [0.717, 1.165) is 49.9 Å². The highest BCUT2D eigenvalue weighted by atomic mass is 32.2. The second-order valence-corrected chi connectivity index (χ2v) is 9.34. The topological polar surface area (TPSA) is 113 Å². The van der Waals surface area contributed by atoms with E-state index < -0.39 is 20.4 Å². The van der Waals surface area contributed by atoms with Gasteiger partial charge in [-0.15, -0.1) is 0 Å². The summed E-state index contributed by atoms with van der Waals surface area (Å²) in [6.45, 7) is 2.92. The molecule has 0 aromatic heterocycles. The zero-order valence-electron chi connectivity index (χ0n) is 16.2. The largest absolute Gasteiger partial charge is 0.393 e. The summed E-state index contributed by atoms with van der Waals surface area (Å²) in [5.74, 6) is 0. The summed E-state index contributed by atoms with van der Waals surface area (Å²) in [5.41, 5.74) is 1.84.